The van der Waals surface area contributed by atoms with Crippen molar-refractivity contribution in [2.45, 2.75) is 62.4 Å². The topological polar surface area (TPSA) is 241 Å². The van der Waals surface area contributed by atoms with Gasteiger partial charge in [-0.15, -0.1) is 12.4 Å². The average Bonchev–Trinajstić information content (AvgIpc) is 3.03. The minimum atomic E-state index is -1.94. The number of fused-ring (bicyclic) bond motifs is 3. The van der Waals surface area contributed by atoms with E-state index in [4.69, 9.17) is 19.9 Å². The molecule has 2 aliphatic carbocycles. The first kappa shape index (κ1) is 34.7. The van der Waals surface area contributed by atoms with Crippen molar-refractivity contribution in [2.24, 2.45) is 5.73 Å². The van der Waals surface area contributed by atoms with Gasteiger partial charge in [0.05, 0.1) is 34.4 Å². The molecule has 1 heterocycles. The number of nitrogens with two attached hydrogens (primary N) is 1. The number of phenolic OH excluding ortho intramolecular Hbond substituents is 2. The Morgan fingerprint density at radius 3 is 2.27 bits per heavy atom. The van der Waals surface area contributed by atoms with Crippen LogP contribution in [0.1, 0.15) is 68.8 Å². The number of aliphatic hydroxyl groups is 2. The fraction of sp³-hybridized carbons (Fsp3) is 0.344. The Kier molecular flexibility index (Phi) is 9.47. The van der Waals surface area contributed by atoms with Gasteiger partial charge in [0, 0.05) is 65.4 Å². The van der Waals surface area contributed by atoms with Crippen molar-refractivity contribution >= 4 is 41.4 Å². The number of carbonyl (C=O) groups is 3. The van der Waals surface area contributed by atoms with Crippen molar-refractivity contribution < 1.29 is 53.9 Å². The molecule has 0 aromatic heterocycles. The van der Waals surface area contributed by atoms with E-state index in [9.17, 15) is 44.9 Å². The van der Waals surface area contributed by atoms with E-state index in [0.717, 1.165) is 0 Å². The number of rotatable bonds is 6. The zero-order valence-electron chi connectivity index (χ0n) is 25.3. The second-order valence-corrected chi connectivity index (χ2v) is 11.9. The molecule has 1 fully saturated rings. The summed E-state index contributed by atoms with van der Waals surface area (Å²) in [5.41, 5.74) is 3.20. The molecule has 254 valence electrons. The number of non-ortho nitro benzene ring substituents is 1. The van der Waals surface area contributed by atoms with Crippen molar-refractivity contribution in [1.82, 2.24) is 0 Å². The van der Waals surface area contributed by atoms with Crippen LogP contribution >= 0.6 is 12.4 Å². The average molecular weight is 686 g/mol. The van der Waals surface area contributed by atoms with Crippen LogP contribution in [0.5, 0.6) is 11.5 Å². The molecule has 6 rings (SSSR count). The van der Waals surface area contributed by atoms with E-state index in [1.54, 1.807) is 19.1 Å². The number of carbonyl (C=O) groups excluding carboxylic acids is 3. The van der Waals surface area contributed by atoms with Gasteiger partial charge in [-0.25, -0.2) is 4.79 Å². The summed E-state index contributed by atoms with van der Waals surface area (Å²) in [5.74, 6) is -2.66. The normalized spacial score (nSPS) is 26.0. The number of anilines is 1. The van der Waals surface area contributed by atoms with Gasteiger partial charge in [0.15, 0.2) is 17.9 Å². The summed E-state index contributed by atoms with van der Waals surface area (Å²) in [5, 5.41) is 58.4. The number of nitrogens with one attached hydrogen (secondary N) is 1. The lowest BCUT2D eigenvalue weighted by molar-refractivity contribution is -0.384. The summed E-state index contributed by atoms with van der Waals surface area (Å²) in [6.45, 7) is 0.933. The van der Waals surface area contributed by atoms with E-state index in [0.29, 0.717) is 0 Å². The quantitative estimate of drug-likeness (QED) is 0.0973. The molecule has 3 aliphatic rings. The number of hydrogen-bond donors (Lipinski definition) is 6. The standard InChI is InChI=1S/C32H31N3O12.ClH/c1-14-26(36)20(33)10-22(46-14)47-21-12-32(42,13-45-31(41)34-15-6-8-16(9-7-15)35(43)44)11-19-23(21)30(40)25-24(29(19)39)27(37)17-4-2-3-5-18(17)28(25)38;/h2-9,14,20-22,26,36,39-40,42H,10-13,33H2,1H3,(H,34,41);1H/t14?,20?,21-,22?,26?,32-;/m0./s1. The van der Waals surface area contributed by atoms with Crippen LogP contribution < -0.4 is 11.1 Å². The first-order valence-corrected chi connectivity index (χ1v) is 14.7. The number of nitro groups is 1. The van der Waals surface area contributed by atoms with Crippen molar-refractivity contribution in [3.05, 3.63) is 92.0 Å². The van der Waals surface area contributed by atoms with Gasteiger partial charge in [0.1, 0.15) is 23.7 Å². The summed E-state index contributed by atoms with van der Waals surface area (Å²) in [6, 6.07) is 10.2. The third-order valence-electron chi connectivity index (χ3n) is 8.72. The van der Waals surface area contributed by atoms with Crippen LogP contribution in [0.4, 0.5) is 16.2 Å². The number of aliphatic hydroxyl groups excluding tert-OH is 1. The third-order valence-corrected chi connectivity index (χ3v) is 8.72. The van der Waals surface area contributed by atoms with Gasteiger partial charge >= 0.3 is 6.09 Å². The molecule has 0 saturated carbocycles. The van der Waals surface area contributed by atoms with Crippen LogP contribution in [-0.2, 0) is 20.6 Å². The highest BCUT2D eigenvalue weighted by atomic mass is 35.5. The van der Waals surface area contributed by atoms with Crippen LogP contribution in [-0.4, -0.2) is 79.8 Å². The molecule has 3 aromatic carbocycles. The first-order chi connectivity index (χ1) is 22.3. The number of aromatic hydroxyl groups is 2. The van der Waals surface area contributed by atoms with Crippen LogP contribution in [0.3, 0.4) is 0 Å². The largest absolute Gasteiger partial charge is 0.507 e. The fourth-order valence-corrected chi connectivity index (χ4v) is 6.36. The first-order valence-electron chi connectivity index (χ1n) is 14.7. The number of ether oxygens (including phenoxy) is 3. The zero-order valence-corrected chi connectivity index (χ0v) is 26.1. The van der Waals surface area contributed by atoms with Gasteiger partial charge in [0.2, 0.25) is 0 Å². The Morgan fingerprint density at radius 1 is 1.08 bits per heavy atom. The molecule has 3 aromatic rings. The minimum absolute atomic E-state index is 0. The highest BCUT2D eigenvalue weighted by Crippen LogP contribution is 2.52. The molecule has 4 unspecified atom stereocenters. The number of amides is 1. The molecule has 0 radical (unpaired) electrons. The number of nitrogens with zero attached hydrogens (tertiary/aromatic N) is 1. The van der Waals surface area contributed by atoms with Gasteiger partial charge < -0.3 is 40.4 Å². The number of ketones is 2. The van der Waals surface area contributed by atoms with E-state index in [1.807, 2.05) is 0 Å². The summed E-state index contributed by atoms with van der Waals surface area (Å²) < 4.78 is 17.3. The van der Waals surface area contributed by atoms with E-state index < -0.39 is 94.5 Å². The Morgan fingerprint density at radius 2 is 1.69 bits per heavy atom. The second kappa shape index (κ2) is 13.1. The predicted octanol–water partition coefficient (Wildman–Crippen LogP) is 3.01. The number of halogens is 1. The monoisotopic (exact) mass is 685 g/mol. The summed E-state index contributed by atoms with van der Waals surface area (Å²) in [7, 11) is 0. The predicted molar refractivity (Wildman–Crippen MR) is 168 cm³/mol. The van der Waals surface area contributed by atoms with Gasteiger partial charge in [-0.05, 0) is 19.1 Å². The maximum Gasteiger partial charge on any atom is 0.411 e. The lowest BCUT2D eigenvalue weighted by Crippen LogP contribution is -2.52. The highest BCUT2D eigenvalue weighted by molar-refractivity contribution is 6.30. The second-order valence-electron chi connectivity index (χ2n) is 11.9. The Bertz CT molecular complexity index is 1790. The van der Waals surface area contributed by atoms with E-state index in [2.05, 4.69) is 5.32 Å². The maximum atomic E-state index is 13.6. The molecule has 1 amide bonds. The maximum absolute atomic E-state index is 13.6. The summed E-state index contributed by atoms with van der Waals surface area (Å²) >= 11 is 0. The van der Waals surface area contributed by atoms with Gasteiger partial charge in [0.25, 0.3) is 5.69 Å². The molecule has 15 nitrogen and oxygen atoms in total. The lowest BCUT2D eigenvalue weighted by Gasteiger charge is -2.42. The molecule has 0 spiro atoms. The van der Waals surface area contributed by atoms with Crippen LogP contribution in [0.2, 0.25) is 0 Å². The SMILES string of the molecule is CC1OC(O[C@H]2C[C@](O)(COC(=O)Nc3ccc([N+](=O)[O-])cc3)Cc3c(O)c4c(c(O)c32)C(=O)c2ccccc2C4=O)CC(N)C1O.Cl. The summed E-state index contributed by atoms with van der Waals surface area (Å²) in [4.78, 5) is 50.0. The molecule has 16 heteroatoms. The molecule has 7 N–H and O–H groups in total. The molecule has 6 atom stereocenters. The molecule has 1 aliphatic heterocycles. The van der Waals surface area contributed by atoms with Gasteiger partial charge in [-0.2, -0.15) is 0 Å². The Balaban J connectivity index is 0.00000451. The molecule has 1 saturated heterocycles. The van der Waals surface area contributed by atoms with Gasteiger partial charge in [-0.1, -0.05) is 24.3 Å². The lowest BCUT2D eigenvalue weighted by atomic mass is 9.73. The molecule has 48 heavy (non-hydrogen) atoms. The fourth-order valence-electron chi connectivity index (χ4n) is 6.36. The van der Waals surface area contributed by atoms with Crippen LogP contribution in [0, 0.1) is 10.1 Å². The van der Waals surface area contributed by atoms with Crippen molar-refractivity contribution in [3.63, 3.8) is 0 Å². The number of hydrogen-bond acceptors (Lipinski definition) is 13. The van der Waals surface area contributed by atoms with Crippen molar-refractivity contribution in [1.29, 1.82) is 0 Å². The Labute approximate surface area is 278 Å². The number of benzene rings is 3. The van der Waals surface area contributed by atoms with Crippen LogP contribution in [0.25, 0.3) is 0 Å². The van der Waals surface area contributed by atoms with Crippen molar-refractivity contribution in [2.75, 3.05) is 11.9 Å². The molecule has 0 bridgehead atoms. The third kappa shape index (κ3) is 6.19. The number of nitro benzene ring substituents is 1. The van der Waals surface area contributed by atoms with E-state index in [1.165, 1.54) is 36.4 Å². The summed E-state index contributed by atoms with van der Waals surface area (Å²) in [6.07, 6.45) is -5.79. The van der Waals surface area contributed by atoms with Gasteiger partial charge in [-0.3, -0.25) is 25.0 Å². The van der Waals surface area contributed by atoms with E-state index in [-0.39, 0.29) is 58.9 Å². The zero-order chi connectivity index (χ0) is 33.8. The molecular weight excluding hydrogens is 654 g/mol. The number of phenols is 2. The van der Waals surface area contributed by atoms with Crippen LogP contribution in [0.15, 0.2) is 48.5 Å². The minimum Gasteiger partial charge on any atom is -0.507 e. The smallest absolute Gasteiger partial charge is 0.411 e. The highest BCUT2D eigenvalue weighted by Gasteiger charge is 2.48. The van der Waals surface area contributed by atoms with Crippen molar-refractivity contribution in [3.8, 4) is 11.5 Å². The van der Waals surface area contributed by atoms with E-state index >= 15 is 0 Å². The Hall–Kier alpha value is -4.64. The molecular formula is C32H32ClN3O12.